The van der Waals surface area contributed by atoms with Crippen molar-refractivity contribution in [2.75, 3.05) is 39.0 Å². The molecule has 0 radical (unpaired) electrons. The Balaban J connectivity index is 1.34. The largest absolute Gasteiger partial charge is 0.334 e. The van der Waals surface area contributed by atoms with Crippen LogP contribution in [0.25, 0.3) is 12.2 Å². The van der Waals surface area contributed by atoms with E-state index in [4.69, 9.17) is 0 Å². The first kappa shape index (κ1) is 32.1. The summed E-state index contributed by atoms with van der Waals surface area (Å²) in [5, 5.41) is 0.139. The van der Waals surface area contributed by atoms with Crippen LogP contribution in [-0.2, 0) is 17.5 Å². The van der Waals surface area contributed by atoms with E-state index in [1.54, 1.807) is 42.9 Å². The third-order valence-electron chi connectivity index (χ3n) is 7.86. The summed E-state index contributed by atoms with van der Waals surface area (Å²) in [4.78, 5) is 51.2. The van der Waals surface area contributed by atoms with Crippen LogP contribution < -0.4 is 21.8 Å². The number of hydrogen-bond donors (Lipinski definition) is 2. The molecule has 236 valence electrons. The molecule has 1 fully saturated rings. The van der Waals surface area contributed by atoms with Crippen LogP contribution in [0.1, 0.15) is 59.1 Å². The first-order valence-electron chi connectivity index (χ1n) is 14.9. The van der Waals surface area contributed by atoms with Gasteiger partial charge in [0.25, 0.3) is 11.1 Å². The molecule has 5 rings (SSSR count). The summed E-state index contributed by atoms with van der Waals surface area (Å²) in [6.07, 6.45) is 7.51. The fourth-order valence-corrected chi connectivity index (χ4v) is 6.21. The van der Waals surface area contributed by atoms with Crippen LogP contribution in [-0.4, -0.2) is 77.7 Å². The third kappa shape index (κ3) is 7.88. The summed E-state index contributed by atoms with van der Waals surface area (Å²) >= 11 is 0. The van der Waals surface area contributed by atoms with Crippen molar-refractivity contribution in [3.05, 3.63) is 120 Å². The fourth-order valence-electron chi connectivity index (χ4n) is 5.54. The zero-order chi connectivity index (χ0) is 32.1. The van der Waals surface area contributed by atoms with Gasteiger partial charge in [-0.15, -0.1) is 0 Å². The fraction of sp³-hybridized carbons (Fsp3) is 0.333. The zero-order valence-electron chi connectivity index (χ0n) is 25.6. The molecule has 1 aliphatic heterocycles. The number of H-pyrrole nitrogens is 2. The van der Waals surface area contributed by atoms with Gasteiger partial charge in [0.15, 0.2) is 5.78 Å². The van der Waals surface area contributed by atoms with Crippen molar-refractivity contribution in [2.24, 2.45) is 0 Å². The van der Waals surface area contributed by atoms with Gasteiger partial charge in [0, 0.05) is 55.8 Å². The van der Waals surface area contributed by atoms with Gasteiger partial charge in [0.2, 0.25) is 0 Å². The van der Waals surface area contributed by atoms with E-state index in [0.29, 0.717) is 22.4 Å². The Bertz CT molecular complexity index is 1940. The number of halogens is 1. The van der Waals surface area contributed by atoms with Crippen LogP contribution in [0.4, 0.5) is 4.39 Å². The highest BCUT2D eigenvalue weighted by Gasteiger charge is 2.19. The number of aromatic amines is 2. The van der Waals surface area contributed by atoms with Crippen LogP contribution in [0.2, 0.25) is 0 Å². The van der Waals surface area contributed by atoms with E-state index in [9.17, 15) is 23.0 Å². The zero-order valence-corrected chi connectivity index (χ0v) is 26.4. The Morgan fingerprint density at radius 2 is 1.62 bits per heavy atom. The molecule has 1 unspecified atom stereocenters. The Labute approximate surface area is 262 Å². The van der Waals surface area contributed by atoms with Crippen molar-refractivity contribution in [3.8, 4) is 0 Å². The Hall–Kier alpha value is -4.26. The average Bonchev–Trinajstić information content (AvgIpc) is 3.42. The molecule has 1 saturated heterocycles. The number of nitrogens with zero attached hydrogens (tertiary/aromatic N) is 4. The molecule has 2 aromatic carbocycles. The van der Waals surface area contributed by atoms with E-state index in [1.165, 1.54) is 30.3 Å². The lowest BCUT2D eigenvalue weighted by atomic mass is 10.0. The quantitative estimate of drug-likeness (QED) is 0.257. The minimum absolute atomic E-state index is 0.0455. The number of carbonyl (C=O) groups is 1. The molecule has 12 heteroatoms. The lowest BCUT2D eigenvalue weighted by Gasteiger charge is -2.33. The van der Waals surface area contributed by atoms with Gasteiger partial charge in [-0.3, -0.25) is 14.4 Å². The van der Waals surface area contributed by atoms with Crippen molar-refractivity contribution in [3.63, 3.8) is 0 Å². The number of aromatic nitrogens is 4. The first-order valence-corrected chi connectivity index (χ1v) is 16.4. The first-order chi connectivity index (χ1) is 21.6. The second-order valence-electron chi connectivity index (χ2n) is 11.4. The highest BCUT2D eigenvalue weighted by molar-refractivity contribution is 7.81. The van der Waals surface area contributed by atoms with Gasteiger partial charge in [-0.2, -0.15) is 0 Å². The Morgan fingerprint density at radius 1 is 0.956 bits per heavy atom. The van der Waals surface area contributed by atoms with Gasteiger partial charge >= 0.3 is 0 Å². The highest BCUT2D eigenvalue weighted by Crippen LogP contribution is 2.20. The van der Waals surface area contributed by atoms with Crippen molar-refractivity contribution >= 4 is 28.9 Å². The molecule has 45 heavy (non-hydrogen) atoms. The van der Waals surface area contributed by atoms with Gasteiger partial charge in [0.05, 0.1) is 23.0 Å². The molecular formula is C33H37FN6O4S. The van der Waals surface area contributed by atoms with Gasteiger partial charge < -0.3 is 19.4 Å². The monoisotopic (exact) mass is 632 g/mol. The topological polar surface area (TPSA) is 124 Å². The summed E-state index contributed by atoms with van der Waals surface area (Å²) in [6, 6.07) is 11.9. The molecule has 2 N–H and O–H groups in total. The average molecular weight is 633 g/mol. The number of hydrogen-bond acceptors (Lipinski definition) is 6. The van der Waals surface area contributed by atoms with Crippen molar-refractivity contribution in [1.29, 1.82) is 0 Å². The number of piperazine rings is 1. The maximum Gasteiger partial charge on any atom is 0.272 e. The van der Waals surface area contributed by atoms with Crippen LogP contribution >= 0.6 is 0 Å². The van der Waals surface area contributed by atoms with E-state index < -0.39 is 27.9 Å². The normalized spacial score (nSPS) is 16.0. The number of imidazole rings is 1. The molecule has 10 nitrogen and oxygen atoms in total. The van der Waals surface area contributed by atoms with Crippen molar-refractivity contribution in [2.45, 2.75) is 32.7 Å². The molecule has 0 amide bonds. The molecule has 0 bridgehead atoms. The number of rotatable bonds is 10. The number of nitrogens with one attached hydrogen (secondary N) is 2. The minimum atomic E-state index is -0.926. The molecule has 1 aliphatic rings. The summed E-state index contributed by atoms with van der Waals surface area (Å²) in [5.41, 5.74) is 1.88. The number of carbonyl (C=O) groups excluding carboxylic acids is 1. The predicted molar refractivity (Wildman–Crippen MR) is 173 cm³/mol. The number of benzene rings is 2. The molecule has 0 saturated carbocycles. The summed E-state index contributed by atoms with van der Waals surface area (Å²) in [6.45, 7) is 9.20. The second kappa shape index (κ2) is 14.2. The number of ketones is 1. The SMILES string of the molecule is CC(C)c1c(/C=c2\[nH]c(=O)/c(=C/c3cccc(C(=O)c4ccc(F)cc4)c3)[nH]c2=O)ncn1CCCN1CCN(S(C)=O)CC1. The highest BCUT2D eigenvalue weighted by atomic mass is 32.2. The molecule has 3 heterocycles. The van der Waals surface area contributed by atoms with Crippen molar-refractivity contribution in [1.82, 2.24) is 28.7 Å². The Morgan fingerprint density at radius 3 is 2.27 bits per heavy atom. The maximum absolute atomic E-state index is 13.3. The van der Waals surface area contributed by atoms with Gasteiger partial charge in [-0.1, -0.05) is 32.0 Å². The standard InChI is InChI=1S/C33H37FN6O4S/c1-22(2)30-27(35-21-39(30)13-5-12-38-14-16-40(17-15-38)45(3)44)20-29-33(43)36-28(32(42)37-29)19-23-6-4-7-25(18-23)31(41)24-8-10-26(34)11-9-24/h4,6-11,18-22H,5,12-17H2,1-3H3,(H,36,43)(H,37,42)/b28-19-,29-20-. The molecule has 1 atom stereocenters. The van der Waals surface area contributed by atoms with Crippen LogP contribution in [0, 0.1) is 5.82 Å². The summed E-state index contributed by atoms with van der Waals surface area (Å²) in [5.74, 6) is -0.586. The lowest BCUT2D eigenvalue weighted by Crippen LogP contribution is -2.46. The van der Waals surface area contributed by atoms with Crippen LogP contribution in [0.15, 0.2) is 64.4 Å². The maximum atomic E-state index is 13.3. The van der Waals surface area contributed by atoms with E-state index in [2.05, 4.69) is 38.3 Å². The molecule has 0 aliphatic carbocycles. The van der Waals surface area contributed by atoms with E-state index in [-0.39, 0.29) is 22.4 Å². The van der Waals surface area contributed by atoms with Crippen molar-refractivity contribution < 1.29 is 13.4 Å². The second-order valence-corrected chi connectivity index (χ2v) is 12.8. The van der Waals surface area contributed by atoms with Crippen LogP contribution in [0.3, 0.4) is 0 Å². The van der Waals surface area contributed by atoms with Crippen LogP contribution in [0.5, 0.6) is 0 Å². The molecule has 0 spiro atoms. The summed E-state index contributed by atoms with van der Waals surface area (Å²) < 4.78 is 29.1. The number of aryl methyl sites for hydroxylation is 1. The van der Waals surface area contributed by atoms with Gasteiger partial charge in [-0.05, 0) is 66.9 Å². The molecule has 2 aromatic heterocycles. The van der Waals surface area contributed by atoms with Gasteiger partial charge in [-0.25, -0.2) is 17.9 Å². The lowest BCUT2D eigenvalue weighted by molar-refractivity contribution is 0.103. The third-order valence-corrected chi connectivity index (χ3v) is 8.95. The van der Waals surface area contributed by atoms with E-state index >= 15 is 0 Å². The summed E-state index contributed by atoms with van der Waals surface area (Å²) in [7, 11) is -0.926. The molecule has 4 aromatic rings. The minimum Gasteiger partial charge on any atom is -0.334 e. The predicted octanol–water partition coefficient (Wildman–Crippen LogP) is 1.71. The molecular weight excluding hydrogens is 595 g/mol. The smallest absolute Gasteiger partial charge is 0.272 e. The Kier molecular flexibility index (Phi) is 10.2. The van der Waals surface area contributed by atoms with E-state index in [1.807, 2.05) is 4.31 Å². The van der Waals surface area contributed by atoms with Gasteiger partial charge in [0.1, 0.15) is 16.5 Å². The van der Waals surface area contributed by atoms with E-state index in [0.717, 1.165) is 51.4 Å².